The third kappa shape index (κ3) is 13.1. The Morgan fingerprint density at radius 3 is 1.67 bits per heavy atom. The fraction of sp³-hybridized carbons (Fsp3) is 0.500. The minimum Gasteiger partial charge on any atom is -0.462 e. The molecule has 8 heterocycles. The molecule has 12 rings (SSSR count). The molecular weight excluding hydrogens is 1000 g/mol. The Hall–Kier alpha value is -6.10. The van der Waals surface area contributed by atoms with Crippen LogP contribution in [-0.4, -0.2) is 121 Å². The lowest BCUT2D eigenvalue weighted by Gasteiger charge is -2.32. The topological polar surface area (TPSA) is 107 Å². The number of benzene rings is 4. The van der Waals surface area contributed by atoms with Crippen molar-refractivity contribution in [1.82, 2.24) is 35.1 Å². The van der Waals surface area contributed by atoms with Gasteiger partial charge in [0.1, 0.15) is 24.8 Å². The monoisotopic (exact) mass is 1080 g/mol. The van der Waals surface area contributed by atoms with E-state index in [9.17, 15) is 0 Å². The maximum absolute atomic E-state index is 7.36. The van der Waals surface area contributed by atoms with E-state index in [4.69, 9.17) is 37.6 Å². The number of hydrogen-bond acceptors (Lipinski definition) is 12. The van der Waals surface area contributed by atoms with Crippen molar-refractivity contribution in [3.63, 3.8) is 0 Å². The SMILES string of the molecule is Brc1cccc2ccccc12.C.C.[C-]#[N+]C[C@@H]1CCCN(c2nc(OC[C@@H]3CCCN3C)nc3c2CN(c2cccc4ccccc24)C3)C1.[C-]#[N+]C[C@@H]1CCCN(c2nc(OC[C@@H]3CCCN3C)nc3c2CNC3)C1. The number of aromatic nitrogens is 4. The summed E-state index contributed by atoms with van der Waals surface area (Å²) in [6.07, 6.45) is 9.27. The Bertz CT molecular complexity index is 2930. The molecule has 6 aliphatic heterocycles. The third-order valence-electron chi connectivity index (χ3n) is 15.7. The van der Waals surface area contributed by atoms with E-state index >= 15 is 0 Å². The molecule has 4 fully saturated rings. The van der Waals surface area contributed by atoms with Crippen LogP contribution in [0.2, 0.25) is 0 Å². The van der Waals surface area contributed by atoms with Crippen molar-refractivity contribution >= 4 is 54.8 Å². The Labute approximate surface area is 454 Å². The van der Waals surface area contributed by atoms with Crippen LogP contribution >= 0.6 is 15.9 Å². The van der Waals surface area contributed by atoms with Gasteiger partial charge in [-0.3, -0.25) is 0 Å². The van der Waals surface area contributed by atoms with Crippen LogP contribution in [0.4, 0.5) is 17.3 Å². The van der Waals surface area contributed by atoms with Gasteiger partial charge in [0, 0.05) is 96.4 Å². The predicted octanol–water partition coefficient (Wildman–Crippen LogP) is 11.3. The fourth-order valence-electron chi connectivity index (χ4n) is 11.6. The average Bonchev–Trinajstić information content (AvgIpc) is 4.26. The number of piperidine rings is 2. The van der Waals surface area contributed by atoms with Crippen LogP contribution in [0, 0.1) is 25.0 Å². The minimum absolute atomic E-state index is 0. The zero-order valence-electron chi connectivity index (χ0n) is 42.6. The number of rotatable bonds is 11. The van der Waals surface area contributed by atoms with Crippen LogP contribution in [0.1, 0.15) is 88.7 Å². The summed E-state index contributed by atoms with van der Waals surface area (Å²) < 4.78 is 13.4. The van der Waals surface area contributed by atoms with Gasteiger partial charge in [0.25, 0.3) is 0 Å². The summed E-state index contributed by atoms with van der Waals surface area (Å²) in [6, 6.07) is 31.5. The van der Waals surface area contributed by atoms with Crippen molar-refractivity contribution in [2.24, 2.45) is 11.8 Å². The summed E-state index contributed by atoms with van der Waals surface area (Å²) >= 11 is 3.50. The molecule has 0 unspecified atom stereocenters. The fourth-order valence-corrected chi connectivity index (χ4v) is 12.1. The number of likely N-dealkylation sites (tertiary alicyclic amines) is 2. The second-order valence-corrected chi connectivity index (χ2v) is 21.5. The van der Waals surface area contributed by atoms with Crippen LogP contribution in [0.25, 0.3) is 31.2 Å². The van der Waals surface area contributed by atoms with Crippen LogP contribution < -0.4 is 29.5 Å². The highest BCUT2D eigenvalue weighted by Gasteiger charge is 2.33. The average molecular weight is 1080 g/mol. The van der Waals surface area contributed by atoms with Crippen molar-refractivity contribution in [3.8, 4) is 12.0 Å². The summed E-state index contributed by atoms with van der Waals surface area (Å²) in [7, 11) is 4.33. The molecule has 6 aliphatic rings. The summed E-state index contributed by atoms with van der Waals surface area (Å²) in [5.41, 5.74) is 5.78. The van der Waals surface area contributed by atoms with Crippen molar-refractivity contribution in [3.05, 3.63) is 135 Å². The number of fused-ring (bicyclic) bond motifs is 4. The molecule has 0 aliphatic carbocycles. The van der Waals surface area contributed by atoms with Gasteiger partial charge in [-0.1, -0.05) is 104 Å². The molecule has 4 aromatic carbocycles. The van der Waals surface area contributed by atoms with Gasteiger partial charge in [0.15, 0.2) is 0 Å². The van der Waals surface area contributed by atoms with Crippen molar-refractivity contribution < 1.29 is 9.47 Å². The molecule has 0 spiro atoms. The quantitative estimate of drug-likeness (QED) is 0.125. The molecule has 14 nitrogen and oxygen atoms in total. The zero-order chi connectivity index (χ0) is 50.1. The van der Waals surface area contributed by atoms with Gasteiger partial charge in [-0.05, 0) is 107 Å². The highest BCUT2D eigenvalue weighted by Crippen LogP contribution is 2.38. The summed E-state index contributed by atoms with van der Waals surface area (Å²) in [5.74, 6) is 2.86. The van der Waals surface area contributed by atoms with Crippen molar-refractivity contribution in [1.29, 1.82) is 0 Å². The van der Waals surface area contributed by atoms with Gasteiger partial charge >= 0.3 is 12.0 Å². The van der Waals surface area contributed by atoms with Gasteiger partial charge in [0.2, 0.25) is 13.1 Å². The predicted molar refractivity (Wildman–Crippen MR) is 309 cm³/mol. The second kappa shape index (κ2) is 26.1. The number of ether oxygens (including phenoxy) is 2. The van der Waals surface area contributed by atoms with Gasteiger partial charge in [-0.25, -0.2) is 13.1 Å². The Morgan fingerprint density at radius 1 is 0.573 bits per heavy atom. The molecule has 0 saturated carbocycles. The van der Waals surface area contributed by atoms with Crippen LogP contribution in [0.5, 0.6) is 12.0 Å². The first-order chi connectivity index (χ1) is 35.8. The zero-order valence-corrected chi connectivity index (χ0v) is 44.1. The molecule has 75 heavy (non-hydrogen) atoms. The molecule has 396 valence electrons. The standard InChI is InChI=1S/C29H34N6O.C19H28N6O.C10H7Br.2CH4/c1-30-16-21-8-6-15-34(17-21)28-25-18-35(27-13-5-10-22-9-3-4-12-24(22)27)19-26(25)31-29(32-28)36-20-23-11-7-14-33(23)2;1-20-9-14-5-3-8-25(12-14)18-16-10-21-11-17(16)22-19(23-18)26-13-15-6-4-7-24(15)2;11-10-7-3-5-8-4-1-2-6-9(8)10;;/h3-5,9-10,12-13,21,23H,6-8,11,14-20H2,2H3;14-15,21H,3-13H2,2H3;1-7H;2*1H4/t21-,23-;14-,15-;;;/m00.../s1. The molecule has 0 radical (unpaired) electrons. The van der Waals surface area contributed by atoms with Crippen LogP contribution in [0.3, 0.4) is 0 Å². The lowest BCUT2D eigenvalue weighted by atomic mass is 9.98. The minimum atomic E-state index is 0. The maximum atomic E-state index is 7.36. The van der Waals surface area contributed by atoms with E-state index < -0.39 is 0 Å². The number of nitrogens with zero attached hydrogens (tertiary/aromatic N) is 11. The van der Waals surface area contributed by atoms with E-state index in [1.807, 2.05) is 12.1 Å². The number of nitrogens with one attached hydrogen (secondary N) is 1. The molecule has 1 N–H and O–H groups in total. The number of halogens is 1. The van der Waals surface area contributed by atoms with Gasteiger partial charge in [-0.2, -0.15) is 19.9 Å². The summed E-state index contributed by atoms with van der Waals surface area (Å²) in [5, 5.41) is 8.46. The lowest BCUT2D eigenvalue weighted by molar-refractivity contribution is 0.187. The van der Waals surface area contributed by atoms with Gasteiger partial charge < -0.3 is 49.0 Å². The molecule has 4 atom stereocenters. The first kappa shape index (κ1) is 55.1. The van der Waals surface area contributed by atoms with Gasteiger partial charge in [0.05, 0.1) is 17.9 Å². The lowest BCUT2D eigenvalue weighted by Crippen LogP contribution is -2.38. The van der Waals surface area contributed by atoms with Crippen LogP contribution in [-0.2, 0) is 26.2 Å². The molecular formula is C60H77BrN12O2. The molecule has 6 aromatic rings. The van der Waals surface area contributed by atoms with Crippen molar-refractivity contribution in [2.45, 2.75) is 104 Å². The molecule has 0 amide bonds. The normalized spacial score (nSPS) is 21.1. The van der Waals surface area contributed by atoms with E-state index in [-0.39, 0.29) is 14.9 Å². The third-order valence-corrected chi connectivity index (χ3v) is 16.4. The molecule has 0 bridgehead atoms. The highest BCUT2D eigenvalue weighted by atomic mass is 79.9. The smallest absolute Gasteiger partial charge is 0.318 e. The number of hydrogen-bond donors (Lipinski definition) is 1. The highest BCUT2D eigenvalue weighted by molar-refractivity contribution is 9.10. The second-order valence-electron chi connectivity index (χ2n) is 20.7. The Kier molecular flexibility index (Phi) is 19.2. The number of likely N-dealkylation sites (N-methyl/N-ethyl adjacent to an activating group) is 2. The van der Waals surface area contributed by atoms with E-state index in [1.165, 1.54) is 57.6 Å². The summed E-state index contributed by atoms with van der Waals surface area (Å²) in [6.45, 7) is 26.2. The first-order valence-electron chi connectivity index (χ1n) is 26.5. The van der Waals surface area contributed by atoms with E-state index in [2.05, 4.69) is 147 Å². The van der Waals surface area contributed by atoms with E-state index in [1.54, 1.807) is 0 Å². The van der Waals surface area contributed by atoms with Crippen molar-refractivity contribution in [2.75, 3.05) is 94.4 Å². The summed E-state index contributed by atoms with van der Waals surface area (Å²) in [4.78, 5) is 38.6. The first-order valence-corrected chi connectivity index (χ1v) is 27.3. The number of anilines is 3. The Morgan fingerprint density at radius 2 is 1.09 bits per heavy atom. The largest absolute Gasteiger partial charge is 0.462 e. The van der Waals surface area contributed by atoms with Crippen LogP contribution in [0.15, 0.2) is 89.4 Å². The van der Waals surface area contributed by atoms with Gasteiger partial charge in [-0.15, -0.1) is 0 Å². The van der Waals surface area contributed by atoms with E-state index in [0.29, 0.717) is 62.2 Å². The molecule has 4 saturated heterocycles. The molecule has 15 heteroatoms. The van der Waals surface area contributed by atoms with E-state index in [0.717, 1.165) is 125 Å². The maximum Gasteiger partial charge on any atom is 0.318 e. The molecule has 2 aromatic heterocycles. The Balaban J connectivity index is 0.000000167.